The molecule has 6 nitrogen and oxygen atoms in total. The summed E-state index contributed by atoms with van der Waals surface area (Å²) in [6.45, 7) is 1.46. The highest BCUT2D eigenvalue weighted by molar-refractivity contribution is 5.92. The number of hydrogen-bond acceptors (Lipinski definition) is 5. The molecule has 0 spiro atoms. The Labute approximate surface area is 170 Å². The molecule has 4 bridgehead atoms. The van der Waals surface area contributed by atoms with Gasteiger partial charge in [0.25, 0.3) is 5.91 Å². The molecule has 1 N–H and O–H groups in total. The number of benzene rings is 1. The maximum absolute atomic E-state index is 13.2. The molecule has 4 atom stereocenters. The van der Waals surface area contributed by atoms with E-state index in [9.17, 15) is 9.59 Å². The largest absolute Gasteiger partial charge is 0.455 e. The summed E-state index contributed by atoms with van der Waals surface area (Å²) in [6, 6.07) is 12.3. The van der Waals surface area contributed by atoms with Crippen LogP contribution >= 0.6 is 0 Å². The van der Waals surface area contributed by atoms with Gasteiger partial charge in [-0.3, -0.25) is 9.59 Å². The molecule has 0 radical (unpaired) electrons. The number of carbonyl (C=O) groups is 2. The van der Waals surface area contributed by atoms with Gasteiger partial charge in [-0.05, 0) is 68.3 Å². The Bertz CT molecular complexity index is 921. The second-order valence-corrected chi connectivity index (χ2v) is 9.33. The molecule has 6 rings (SSSR count). The second-order valence-electron chi connectivity index (χ2n) is 9.33. The smallest absolute Gasteiger partial charge is 0.312 e. The summed E-state index contributed by atoms with van der Waals surface area (Å²) in [5, 5.41) is 6.34. The van der Waals surface area contributed by atoms with Crippen LogP contribution in [0.4, 0.5) is 5.82 Å². The highest BCUT2D eigenvalue weighted by atomic mass is 16.5. The van der Waals surface area contributed by atoms with Gasteiger partial charge in [-0.2, -0.15) is 0 Å². The minimum atomic E-state index is -0.454. The molecule has 0 saturated heterocycles. The molecule has 0 aliphatic heterocycles. The maximum atomic E-state index is 13.2. The van der Waals surface area contributed by atoms with Crippen LogP contribution in [-0.2, 0) is 19.7 Å². The predicted octanol–water partition coefficient (Wildman–Crippen LogP) is 4.00. The number of nitrogens with one attached hydrogen (secondary N) is 1. The molecule has 4 fully saturated rings. The zero-order valence-corrected chi connectivity index (χ0v) is 16.6. The van der Waals surface area contributed by atoms with Crippen molar-refractivity contribution in [2.75, 3.05) is 11.9 Å². The van der Waals surface area contributed by atoms with Crippen molar-refractivity contribution in [3.05, 3.63) is 47.7 Å². The van der Waals surface area contributed by atoms with Crippen LogP contribution in [0.1, 0.15) is 49.8 Å². The Morgan fingerprint density at radius 2 is 1.90 bits per heavy atom. The van der Waals surface area contributed by atoms with Crippen molar-refractivity contribution in [2.24, 2.45) is 17.3 Å². The van der Waals surface area contributed by atoms with Gasteiger partial charge in [-0.15, -0.1) is 0 Å². The molecule has 1 amide bonds. The molecule has 29 heavy (non-hydrogen) atoms. The van der Waals surface area contributed by atoms with E-state index in [1.807, 2.05) is 6.07 Å². The summed E-state index contributed by atoms with van der Waals surface area (Å²) in [7, 11) is 0. The van der Waals surface area contributed by atoms with Crippen LogP contribution < -0.4 is 5.32 Å². The maximum Gasteiger partial charge on any atom is 0.312 e. The molecular formula is C23H26N2O4. The van der Waals surface area contributed by atoms with Crippen molar-refractivity contribution in [3.8, 4) is 0 Å². The zero-order chi connectivity index (χ0) is 20.1. The fourth-order valence-electron chi connectivity index (χ4n) is 6.52. The van der Waals surface area contributed by atoms with Crippen LogP contribution in [0, 0.1) is 24.2 Å². The van der Waals surface area contributed by atoms with Crippen LogP contribution in [0.15, 0.2) is 40.9 Å². The summed E-state index contributed by atoms with van der Waals surface area (Å²) in [5.74, 6) is 1.47. The summed E-state index contributed by atoms with van der Waals surface area (Å²) in [5.41, 5.74) is 0.973. The summed E-state index contributed by atoms with van der Waals surface area (Å²) >= 11 is 0. The number of carbonyl (C=O) groups excluding carboxylic acids is 2. The van der Waals surface area contributed by atoms with Crippen LogP contribution in [0.3, 0.4) is 0 Å². The molecule has 1 heterocycles. The molecule has 6 heteroatoms. The van der Waals surface area contributed by atoms with Gasteiger partial charge in [0.05, 0.1) is 5.41 Å². The lowest BCUT2D eigenvalue weighted by Gasteiger charge is -2.61. The van der Waals surface area contributed by atoms with Crippen molar-refractivity contribution < 1.29 is 18.8 Å². The lowest BCUT2D eigenvalue weighted by Crippen LogP contribution is -2.57. The first-order valence-electron chi connectivity index (χ1n) is 10.4. The van der Waals surface area contributed by atoms with Gasteiger partial charge in [0.2, 0.25) is 0 Å². The number of amides is 1. The van der Waals surface area contributed by atoms with Gasteiger partial charge in [0.1, 0.15) is 5.76 Å². The van der Waals surface area contributed by atoms with E-state index in [4.69, 9.17) is 9.26 Å². The number of anilines is 1. The third-order valence-electron chi connectivity index (χ3n) is 7.11. The quantitative estimate of drug-likeness (QED) is 0.775. The van der Waals surface area contributed by atoms with Crippen LogP contribution in [0.2, 0.25) is 0 Å². The zero-order valence-electron chi connectivity index (χ0n) is 16.6. The predicted molar refractivity (Wildman–Crippen MR) is 106 cm³/mol. The lowest BCUT2D eigenvalue weighted by atomic mass is 9.43. The summed E-state index contributed by atoms with van der Waals surface area (Å²) < 4.78 is 10.5. The fraction of sp³-hybridized carbons (Fsp3) is 0.522. The van der Waals surface area contributed by atoms with Gasteiger partial charge in [-0.1, -0.05) is 35.5 Å². The van der Waals surface area contributed by atoms with E-state index in [1.54, 1.807) is 13.0 Å². The molecular weight excluding hydrogens is 368 g/mol. The minimum absolute atomic E-state index is 0.0743. The SMILES string of the molecule is Cc1cc(NC(=O)COC(=O)C23C[C@H]4C[C@@H](C2)CC(c2ccccc2)(C4)C3)no1. The molecule has 4 aliphatic carbocycles. The van der Waals surface area contributed by atoms with Crippen LogP contribution in [0.5, 0.6) is 0 Å². The van der Waals surface area contributed by atoms with Gasteiger partial charge >= 0.3 is 5.97 Å². The Morgan fingerprint density at radius 1 is 1.17 bits per heavy atom. The van der Waals surface area contributed by atoms with Gasteiger partial charge < -0.3 is 14.6 Å². The van der Waals surface area contributed by atoms with Crippen molar-refractivity contribution >= 4 is 17.7 Å². The van der Waals surface area contributed by atoms with E-state index in [-0.39, 0.29) is 18.0 Å². The Hall–Kier alpha value is -2.63. The van der Waals surface area contributed by atoms with E-state index in [0.717, 1.165) is 32.1 Å². The standard InChI is InChI=1S/C23H26N2O4/c1-15-7-19(25-29-15)24-20(26)13-28-21(27)23-11-16-8-17(12-23)10-22(9-16,14-23)18-5-3-2-4-6-18/h2-7,16-17H,8-14H2,1H3,(H,24,25,26)/t16-,17+,22?,23?. The van der Waals surface area contributed by atoms with Crippen LogP contribution in [0.25, 0.3) is 0 Å². The molecule has 1 aromatic carbocycles. The number of rotatable bonds is 5. The minimum Gasteiger partial charge on any atom is -0.455 e. The molecule has 1 aromatic heterocycles. The molecule has 152 valence electrons. The normalized spacial score (nSPS) is 32.2. The van der Waals surface area contributed by atoms with E-state index in [2.05, 4.69) is 34.7 Å². The Kier molecular flexibility index (Phi) is 4.26. The van der Waals surface area contributed by atoms with E-state index < -0.39 is 11.3 Å². The Balaban J connectivity index is 1.30. The molecule has 2 unspecified atom stereocenters. The topological polar surface area (TPSA) is 81.4 Å². The highest BCUT2D eigenvalue weighted by Crippen LogP contribution is 2.66. The molecule has 4 aliphatic rings. The number of esters is 1. The van der Waals surface area contributed by atoms with Crippen LogP contribution in [-0.4, -0.2) is 23.6 Å². The first kappa shape index (κ1) is 18.4. The summed E-state index contributed by atoms with van der Waals surface area (Å²) in [6.07, 6.45) is 6.15. The summed E-state index contributed by atoms with van der Waals surface area (Å²) in [4.78, 5) is 25.4. The average molecular weight is 394 g/mol. The van der Waals surface area contributed by atoms with Gasteiger partial charge in [0, 0.05) is 6.07 Å². The number of aryl methyl sites for hydroxylation is 1. The van der Waals surface area contributed by atoms with E-state index in [0.29, 0.717) is 23.4 Å². The average Bonchev–Trinajstić information content (AvgIpc) is 3.10. The van der Waals surface area contributed by atoms with Gasteiger partial charge in [-0.25, -0.2) is 0 Å². The fourth-order valence-corrected chi connectivity index (χ4v) is 6.52. The highest BCUT2D eigenvalue weighted by Gasteiger charge is 2.61. The molecule has 2 aromatic rings. The lowest BCUT2D eigenvalue weighted by molar-refractivity contribution is -0.175. The third-order valence-corrected chi connectivity index (χ3v) is 7.11. The van der Waals surface area contributed by atoms with E-state index in [1.165, 1.54) is 12.0 Å². The molecule has 4 saturated carbocycles. The van der Waals surface area contributed by atoms with E-state index >= 15 is 0 Å². The van der Waals surface area contributed by atoms with Crippen molar-refractivity contribution in [2.45, 2.75) is 50.9 Å². The van der Waals surface area contributed by atoms with Crippen molar-refractivity contribution in [1.29, 1.82) is 0 Å². The number of nitrogens with zero attached hydrogens (tertiary/aromatic N) is 1. The number of aromatic nitrogens is 1. The second kappa shape index (κ2) is 6.71. The monoisotopic (exact) mass is 394 g/mol. The van der Waals surface area contributed by atoms with Crippen molar-refractivity contribution in [3.63, 3.8) is 0 Å². The van der Waals surface area contributed by atoms with Crippen molar-refractivity contribution in [1.82, 2.24) is 5.16 Å². The first-order chi connectivity index (χ1) is 14.0. The first-order valence-corrected chi connectivity index (χ1v) is 10.4. The Morgan fingerprint density at radius 3 is 2.55 bits per heavy atom. The van der Waals surface area contributed by atoms with Gasteiger partial charge in [0.15, 0.2) is 12.4 Å². The number of hydrogen-bond donors (Lipinski definition) is 1. The number of ether oxygens (including phenoxy) is 1. The third kappa shape index (κ3) is 3.24.